The number of anilines is 3. The summed E-state index contributed by atoms with van der Waals surface area (Å²) in [4.78, 5) is 31.7. The first-order chi connectivity index (χ1) is 12.6. The van der Waals surface area contributed by atoms with Crippen LogP contribution >= 0.6 is 11.3 Å². The van der Waals surface area contributed by atoms with Crippen LogP contribution in [0.3, 0.4) is 0 Å². The van der Waals surface area contributed by atoms with Gasteiger partial charge in [-0.2, -0.15) is 0 Å². The summed E-state index contributed by atoms with van der Waals surface area (Å²) >= 11 is 1.03. The summed E-state index contributed by atoms with van der Waals surface area (Å²) in [7, 11) is 1.53. The Bertz CT molecular complexity index is 926. The molecule has 132 valence electrons. The number of carboxylic acid groups (broad SMARTS) is 1. The van der Waals surface area contributed by atoms with Gasteiger partial charge < -0.3 is 20.5 Å². The summed E-state index contributed by atoms with van der Waals surface area (Å²) in [5.41, 5.74) is 0.853. The maximum atomic E-state index is 12.4. The molecular formula is C17H14N4O4S. The lowest BCUT2D eigenvalue weighted by Crippen LogP contribution is -2.13. The lowest BCUT2D eigenvalue weighted by atomic mass is 10.2. The number of amides is 1. The van der Waals surface area contributed by atoms with E-state index < -0.39 is 11.9 Å². The first kappa shape index (κ1) is 17.4. The Balaban J connectivity index is 1.81. The highest BCUT2D eigenvalue weighted by Gasteiger charge is 2.20. The van der Waals surface area contributed by atoms with Crippen molar-refractivity contribution < 1.29 is 19.4 Å². The van der Waals surface area contributed by atoms with Gasteiger partial charge in [-0.05, 0) is 36.4 Å². The van der Waals surface area contributed by atoms with Gasteiger partial charge >= 0.3 is 5.97 Å². The van der Waals surface area contributed by atoms with Gasteiger partial charge in [-0.3, -0.25) is 9.78 Å². The number of rotatable bonds is 6. The van der Waals surface area contributed by atoms with Crippen molar-refractivity contribution in [3.05, 3.63) is 60.0 Å². The number of methoxy groups -OCH3 is 1. The third-order valence-electron chi connectivity index (χ3n) is 3.34. The molecule has 2 heterocycles. The van der Waals surface area contributed by atoms with Gasteiger partial charge in [-0.1, -0.05) is 11.3 Å². The van der Waals surface area contributed by atoms with Crippen LogP contribution in [0.5, 0.6) is 5.75 Å². The highest BCUT2D eigenvalue weighted by molar-refractivity contribution is 7.20. The fraction of sp³-hybridized carbons (Fsp3) is 0.0588. The molecule has 26 heavy (non-hydrogen) atoms. The number of ether oxygens (including phenoxy) is 1. The quantitative estimate of drug-likeness (QED) is 0.610. The molecule has 0 spiro atoms. The zero-order chi connectivity index (χ0) is 18.5. The van der Waals surface area contributed by atoms with E-state index in [0.717, 1.165) is 11.3 Å². The fourth-order valence-electron chi connectivity index (χ4n) is 2.08. The molecule has 1 aromatic carbocycles. The number of aromatic nitrogens is 2. The Morgan fingerprint density at radius 2 is 1.81 bits per heavy atom. The van der Waals surface area contributed by atoms with Crippen LogP contribution in [0.4, 0.5) is 15.8 Å². The summed E-state index contributed by atoms with van der Waals surface area (Å²) in [6, 6.07) is 9.92. The number of carbonyl (C=O) groups is 2. The van der Waals surface area contributed by atoms with Crippen molar-refractivity contribution in [1.82, 2.24) is 9.97 Å². The molecule has 2 aromatic heterocycles. The molecule has 0 unspecified atom stereocenters. The summed E-state index contributed by atoms with van der Waals surface area (Å²) < 4.78 is 5.05. The first-order valence-electron chi connectivity index (χ1n) is 7.43. The number of pyridine rings is 1. The Morgan fingerprint density at radius 3 is 2.42 bits per heavy atom. The van der Waals surface area contributed by atoms with Crippen LogP contribution in [0.2, 0.25) is 0 Å². The van der Waals surface area contributed by atoms with E-state index in [-0.39, 0.29) is 10.7 Å². The zero-order valence-corrected chi connectivity index (χ0v) is 14.4. The summed E-state index contributed by atoms with van der Waals surface area (Å²) in [5.74, 6) is -1.04. The van der Waals surface area contributed by atoms with E-state index in [9.17, 15) is 14.7 Å². The van der Waals surface area contributed by atoms with E-state index in [0.29, 0.717) is 22.1 Å². The monoisotopic (exact) mass is 370 g/mol. The van der Waals surface area contributed by atoms with Crippen LogP contribution in [-0.4, -0.2) is 34.1 Å². The summed E-state index contributed by atoms with van der Waals surface area (Å²) in [6.45, 7) is 0. The minimum Gasteiger partial charge on any atom is -0.497 e. The molecule has 1 amide bonds. The number of carbonyl (C=O) groups excluding carboxylic acids is 1. The maximum absolute atomic E-state index is 12.4. The van der Waals surface area contributed by atoms with Crippen LogP contribution in [0.15, 0.2) is 48.8 Å². The average Bonchev–Trinajstić information content (AvgIpc) is 3.05. The molecule has 0 saturated carbocycles. The minimum absolute atomic E-state index is 0.148. The van der Waals surface area contributed by atoms with Gasteiger partial charge in [0.25, 0.3) is 5.91 Å². The van der Waals surface area contributed by atoms with Crippen LogP contribution < -0.4 is 15.4 Å². The van der Waals surface area contributed by atoms with Crippen molar-refractivity contribution in [2.75, 3.05) is 17.7 Å². The second-order valence-corrected chi connectivity index (χ2v) is 6.04. The van der Waals surface area contributed by atoms with Crippen molar-refractivity contribution in [2.24, 2.45) is 0 Å². The van der Waals surface area contributed by atoms with E-state index in [1.54, 1.807) is 48.8 Å². The summed E-state index contributed by atoms with van der Waals surface area (Å²) in [6.07, 6.45) is 3.20. The maximum Gasteiger partial charge on any atom is 0.357 e. The zero-order valence-electron chi connectivity index (χ0n) is 13.6. The van der Waals surface area contributed by atoms with E-state index in [1.807, 2.05) is 0 Å². The molecule has 3 N–H and O–H groups in total. The molecule has 0 bridgehead atoms. The van der Waals surface area contributed by atoms with Crippen molar-refractivity contribution in [3.8, 4) is 5.75 Å². The van der Waals surface area contributed by atoms with Crippen LogP contribution in [0, 0.1) is 0 Å². The molecule has 0 saturated heterocycles. The third-order valence-corrected chi connectivity index (χ3v) is 4.23. The van der Waals surface area contributed by atoms with E-state index in [2.05, 4.69) is 20.6 Å². The van der Waals surface area contributed by atoms with Gasteiger partial charge in [0.2, 0.25) is 0 Å². The van der Waals surface area contributed by atoms with Gasteiger partial charge in [-0.15, -0.1) is 0 Å². The number of nitrogens with one attached hydrogen (secondary N) is 2. The molecule has 0 aliphatic heterocycles. The molecule has 3 rings (SSSR count). The third kappa shape index (κ3) is 3.95. The van der Waals surface area contributed by atoms with Gasteiger partial charge in [0.15, 0.2) is 10.8 Å². The topological polar surface area (TPSA) is 113 Å². The van der Waals surface area contributed by atoms with E-state index >= 15 is 0 Å². The highest BCUT2D eigenvalue weighted by atomic mass is 32.1. The Hall–Kier alpha value is -3.46. The Kier molecular flexibility index (Phi) is 5.09. The smallest absolute Gasteiger partial charge is 0.357 e. The molecular weight excluding hydrogens is 356 g/mol. The number of nitrogens with zero attached hydrogens (tertiary/aromatic N) is 2. The largest absolute Gasteiger partial charge is 0.497 e. The van der Waals surface area contributed by atoms with Crippen LogP contribution in [0.1, 0.15) is 20.8 Å². The molecule has 0 aliphatic carbocycles. The van der Waals surface area contributed by atoms with Gasteiger partial charge in [0, 0.05) is 23.6 Å². The van der Waals surface area contributed by atoms with Gasteiger partial charge in [0.1, 0.15) is 10.8 Å². The van der Waals surface area contributed by atoms with Crippen molar-refractivity contribution in [3.63, 3.8) is 0 Å². The molecule has 3 aromatic rings. The van der Waals surface area contributed by atoms with Crippen molar-refractivity contribution in [2.45, 2.75) is 0 Å². The number of hydrogen-bond donors (Lipinski definition) is 3. The van der Waals surface area contributed by atoms with Crippen LogP contribution in [0.25, 0.3) is 0 Å². The van der Waals surface area contributed by atoms with Gasteiger partial charge in [0.05, 0.1) is 7.11 Å². The number of carboxylic acids is 1. The van der Waals surface area contributed by atoms with E-state index in [1.165, 1.54) is 7.11 Å². The summed E-state index contributed by atoms with van der Waals surface area (Å²) in [5, 5.41) is 15.4. The number of thiazole rings is 1. The Labute approximate surface area is 152 Å². The molecule has 0 radical (unpaired) electrons. The van der Waals surface area contributed by atoms with E-state index in [4.69, 9.17) is 4.74 Å². The number of aromatic carboxylic acids is 1. The van der Waals surface area contributed by atoms with Gasteiger partial charge in [-0.25, -0.2) is 9.78 Å². The number of benzene rings is 1. The molecule has 8 nitrogen and oxygen atoms in total. The highest BCUT2D eigenvalue weighted by Crippen LogP contribution is 2.31. The van der Waals surface area contributed by atoms with Crippen molar-refractivity contribution in [1.29, 1.82) is 0 Å². The predicted octanol–water partition coefficient (Wildman–Crippen LogP) is 3.24. The van der Waals surface area contributed by atoms with Crippen LogP contribution in [-0.2, 0) is 0 Å². The standard InChI is InChI=1S/C17H14N4O4S/c1-25-12-4-2-10(3-5-12)14(22)21-15-13(16(23)24)20-17(26-15)19-11-6-8-18-9-7-11/h2-9H,1H3,(H,21,22)(H,23,24)(H,18,19,20). The molecule has 0 atom stereocenters. The second kappa shape index (κ2) is 7.62. The molecule has 0 fully saturated rings. The number of hydrogen-bond acceptors (Lipinski definition) is 7. The average molecular weight is 370 g/mol. The minimum atomic E-state index is -1.23. The second-order valence-electron chi connectivity index (χ2n) is 5.05. The van der Waals surface area contributed by atoms with Crippen molar-refractivity contribution >= 4 is 39.0 Å². The lowest BCUT2D eigenvalue weighted by Gasteiger charge is -2.04. The molecule has 0 aliphatic rings. The first-order valence-corrected chi connectivity index (χ1v) is 8.25. The molecule has 9 heteroatoms. The Morgan fingerprint density at radius 1 is 1.12 bits per heavy atom. The normalized spacial score (nSPS) is 10.2. The predicted molar refractivity (Wildman–Crippen MR) is 97.5 cm³/mol. The SMILES string of the molecule is COc1ccc(C(=O)Nc2sc(Nc3ccncc3)nc2C(=O)O)cc1. The fourth-order valence-corrected chi connectivity index (χ4v) is 2.95. The lowest BCUT2D eigenvalue weighted by molar-refractivity contribution is 0.0692.